The number of nitrogens with one attached hydrogen (secondary N) is 2. The van der Waals surface area contributed by atoms with E-state index in [1.807, 2.05) is 36.9 Å². The SMILES string of the molecule is CCCc1cc(N2CCC[C@@H](NCCCSC)C2)nc(Nc2ccc(C)c(C#N)c2)n1. The first-order chi connectivity index (χ1) is 15.1. The van der Waals surface area contributed by atoms with Crippen molar-refractivity contribution in [3.05, 3.63) is 41.1 Å². The van der Waals surface area contributed by atoms with Crippen molar-refractivity contribution in [3.8, 4) is 6.07 Å². The molecule has 1 aromatic heterocycles. The number of hydrogen-bond acceptors (Lipinski definition) is 7. The Hall–Kier alpha value is -2.30. The van der Waals surface area contributed by atoms with Crippen molar-refractivity contribution in [1.82, 2.24) is 15.3 Å². The Bertz CT molecular complexity index is 894. The summed E-state index contributed by atoms with van der Waals surface area (Å²) in [7, 11) is 0. The number of benzene rings is 1. The summed E-state index contributed by atoms with van der Waals surface area (Å²) < 4.78 is 0. The number of rotatable bonds is 10. The van der Waals surface area contributed by atoms with Gasteiger partial charge in [0.25, 0.3) is 0 Å². The van der Waals surface area contributed by atoms with E-state index in [2.05, 4.69) is 40.8 Å². The molecule has 1 fully saturated rings. The molecule has 2 N–H and O–H groups in total. The highest BCUT2D eigenvalue weighted by atomic mass is 32.2. The molecule has 0 saturated carbocycles. The lowest BCUT2D eigenvalue weighted by molar-refractivity contribution is 0.422. The van der Waals surface area contributed by atoms with Crippen LogP contribution in [-0.2, 0) is 6.42 Å². The molecule has 2 heterocycles. The van der Waals surface area contributed by atoms with Gasteiger partial charge in [-0.15, -0.1) is 0 Å². The van der Waals surface area contributed by atoms with Crippen LogP contribution in [0.4, 0.5) is 17.5 Å². The van der Waals surface area contributed by atoms with E-state index in [9.17, 15) is 5.26 Å². The summed E-state index contributed by atoms with van der Waals surface area (Å²) in [4.78, 5) is 12.0. The predicted octanol–water partition coefficient (Wildman–Crippen LogP) is 4.66. The number of nitriles is 1. The van der Waals surface area contributed by atoms with Crippen LogP contribution in [0.5, 0.6) is 0 Å². The molecule has 6 nitrogen and oxygen atoms in total. The zero-order chi connectivity index (χ0) is 22.1. The molecule has 7 heteroatoms. The highest BCUT2D eigenvalue weighted by Crippen LogP contribution is 2.23. The molecule has 1 aliphatic heterocycles. The fourth-order valence-corrected chi connectivity index (χ4v) is 4.34. The third kappa shape index (κ3) is 6.84. The van der Waals surface area contributed by atoms with Gasteiger partial charge in [-0.2, -0.15) is 22.0 Å². The number of anilines is 3. The van der Waals surface area contributed by atoms with Gasteiger partial charge in [0.05, 0.1) is 11.6 Å². The van der Waals surface area contributed by atoms with Gasteiger partial charge in [-0.3, -0.25) is 0 Å². The van der Waals surface area contributed by atoms with Crippen LogP contribution in [-0.4, -0.2) is 47.7 Å². The van der Waals surface area contributed by atoms with Gasteiger partial charge in [0.1, 0.15) is 5.82 Å². The number of thioether (sulfide) groups is 1. The highest BCUT2D eigenvalue weighted by molar-refractivity contribution is 7.98. The van der Waals surface area contributed by atoms with Gasteiger partial charge in [-0.05, 0) is 68.9 Å². The molecule has 1 aliphatic rings. The Labute approximate surface area is 190 Å². The third-order valence-corrected chi connectivity index (χ3v) is 6.29. The van der Waals surface area contributed by atoms with E-state index < -0.39 is 0 Å². The average Bonchev–Trinajstić information content (AvgIpc) is 2.78. The first kappa shape index (κ1) is 23.4. The van der Waals surface area contributed by atoms with Crippen molar-refractivity contribution in [3.63, 3.8) is 0 Å². The molecule has 0 amide bonds. The van der Waals surface area contributed by atoms with Gasteiger partial charge in [0.15, 0.2) is 0 Å². The van der Waals surface area contributed by atoms with Crippen molar-refractivity contribution >= 4 is 29.2 Å². The fourth-order valence-electron chi connectivity index (χ4n) is 3.91. The number of hydrogen-bond donors (Lipinski definition) is 2. The lowest BCUT2D eigenvalue weighted by atomic mass is 10.1. The topological polar surface area (TPSA) is 76.9 Å². The summed E-state index contributed by atoms with van der Waals surface area (Å²) in [6, 6.07) is 10.7. The Morgan fingerprint density at radius 2 is 2.16 bits per heavy atom. The van der Waals surface area contributed by atoms with Crippen molar-refractivity contribution in [2.45, 2.75) is 52.0 Å². The second kappa shape index (κ2) is 11.9. The molecular weight excluding hydrogens is 404 g/mol. The van der Waals surface area contributed by atoms with Crippen LogP contribution in [0.25, 0.3) is 0 Å². The van der Waals surface area contributed by atoms with Crippen molar-refractivity contribution < 1.29 is 0 Å². The van der Waals surface area contributed by atoms with E-state index >= 15 is 0 Å². The summed E-state index contributed by atoms with van der Waals surface area (Å²) in [6.07, 6.45) is 7.72. The summed E-state index contributed by atoms with van der Waals surface area (Å²) in [5.41, 5.74) is 3.53. The zero-order valence-electron chi connectivity index (χ0n) is 18.9. The molecule has 1 atom stereocenters. The van der Waals surface area contributed by atoms with Gasteiger partial charge >= 0.3 is 0 Å². The first-order valence-electron chi connectivity index (χ1n) is 11.3. The van der Waals surface area contributed by atoms with Crippen molar-refractivity contribution in [1.29, 1.82) is 5.26 Å². The molecule has 0 radical (unpaired) electrons. The minimum Gasteiger partial charge on any atom is -0.355 e. The van der Waals surface area contributed by atoms with E-state index in [1.54, 1.807) is 0 Å². The molecule has 3 rings (SSSR count). The van der Waals surface area contributed by atoms with Crippen LogP contribution < -0.4 is 15.5 Å². The molecule has 31 heavy (non-hydrogen) atoms. The maximum atomic E-state index is 9.33. The Morgan fingerprint density at radius 1 is 1.29 bits per heavy atom. The predicted molar refractivity (Wildman–Crippen MR) is 131 cm³/mol. The quantitative estimate of drug-likeness (QED) is 0.522. The van der Waals surface area contributed by atoms with E-state index in [0.717, 1.165) is 55.2 Å². The fraction of sp³-hybridized carbons (Fsp3) is 0.542. The highest BCUT2D eigenvalue weighted by Gasteiger charge is 2.21. The van der Waals surface area contributed by atoms with Crippen LogP contribution in [0.15, 0.2) is 24.3 Å². The summed E-state index contributed by atoms with van der Waals surface area (Å²) >= 11 is 1.90. The van der Waals surface area contributed by atoms with Gasteiger partial charge in [0.2, 0.25) is 5.95 Å². The minimum absolute atomic E-state index is 0.506. The van der Waals surface area contributed by atoms with Gasteiger partial charge < -0.3 is 15.5 Å². The summed E-state index contributed by atoms with van der Waals surface area (Å²) in [6.45, 7) is 7.19. The lowest BCUT2D eigenvalue weighted by Crippen LogP contribution is -2.46. The van der Waals surface area contributed by atoms with Gasteiger partial charge in [-0.25, -0.2) is 4.98 Å². The number of aromatic nitrogens is 2. The molecule has 2 aromatic rings. The number of piperidine rings is 1. The maximum Gasteiger partial charge on any atom is 0.229 e. The molecule has 1 aromatic carbocycles. The van der Waals surface area contributed by atoms with Gasteiger partial charge in [-0.1, -0.05) is 19.4 Å². The Kier molecular flexibility index (Phi) is 8.98. The maximum absolute atomic E-state index is 9.33. The molecule has 166 valence electrons. The van der Waals surface area contributed by atoms with E-state index in [-0.39, 0.29) is 0 Å². The number of aryl methyl sites for hydroxylation is 2. The van der Waals surface area contributed by atoms with Crippen LogP contribution in [0, 0.1) is 18.3 Å². The molecule has 0 bridgehead atoms. The second-order valence-corrected chi connectivity index (χ2v) is 9.13. The normalized spacial score (nSPS) is 16.2. The minimum atomic E-state index is 0.506. The summed E-state index contributed by atoms with van der Waals surface area (Å²) in [5, 5.41) is 16.4. The second-order valence-electron chi connectivity index (χ2n) is 8.14. The molecule has 0 unspecified atom stereocenters. The standard InChI is InChI=1S/C24H34N6S/c1-4-7-20-15-23(30-12-5-8-22(17-30)26-11-6-13-31-3)29-24(27-20)28-21-10-9-18(2)19(14-21)16-25/h9-10,14-15,22,26H,4-8,11-13,17H2,1-3H3,(H,27,28,29)/t22-/m1/s1. The largest absolute Gasteiger partial charge is 0.355 e. The summed E-state index contributed by atoms with van der Waals surface area (Å²) in [5.74, 6) is 2.80. The van der Waals surface area contributed by atoms with Gasteiger partial charge in [0, 0.05) is 36.6 Å². The third-order valence-electron chi connectivity index (χ3n) is 5.59. The molecular formula is C24H34N6S. The van der Waals surface area contributed by atoms with E-state index in [4.69, 9.17) is 9.97 Å². The van der Waals surface area contributed by atoms with E-state index in [1.165, 1.54) is 25.0 Å². The van der Waals surface area contributed by atoms with Crippen molar-refractivity contribution in [2.24, 2.45) is 0 Å². The van der Waals surface area contributed by atoms with E-state index in [0.29, 0.717) is 17.6 Å². The Balaban J connectivity index is 1.75. The first-order valence-corrected chi connectivity index (χ1v) is 12.6. The monoisotopic (exact) mass is 438 g/mol. The van der Waals surface area contributed by atoms with Crippen LogP contribution in [0.1, 0.15) is 49.4 Å². The molecule has 1 saturated heterocycles. The molecule has 0 aliphatic carbocycles. The van der Waals surface area contributed by atoms with Crippen molar-refractivity contribution in [2.75, 3.05) is 41.9 Å². The number of nitrogens with zero attached hydrogens (tertiary/aromatic N) is 4. The zero-order valence-corrected chi connectivity index (χ0v) is 19.8. The van der Waals surface area contributed by atoms with Crippen LogP contribution in [0.2, 0.25) is 0 Å². The van der Waals surface area contributed by atoms with Crippen LogP contribution in [0.3, 0.4) is 0 Å². The Morgan fingerprint density at radius 3 is 2.94 bits per heavy atom. The molecule has 0 spiro atoms. The van der Waals surface area contributed by atoms with Crippen LogP contribution >= 0.6 is 11.8 Å². The average molecular weight is 439 g/mol. The lowest BCUT2D eigenvalue weighted by Gasteiger charge is -2.34. The smallest absolute Gasteiger partial charge is 0.229 e.